The number of esters is 3. The molecule has 0 bridgehead atoms. The Bertz CT molecular complexity index is 2650. The van der Waals surface area contributed by atoms with Gasteiger partial charge in [0.25, 0.3) is 0 Å². The number of pyridine rings is 2. The molecular weight excluding hydrogens is 911 g/mol. The van der Waals surface area contributed by atoms with Crippen LogP contribution in [0.15, 0.2) is 115 Å². The Labute approximate surface area is 423 Å². The maximum absolute atomic E-state index is 14.5. The average molecular weight is 980 g/mol. The summed E-state index contributed by atoms with van der Waals surface area (Å²) in [6.45, 7) is 14.4. The second kappa shape index (κ2) is 23.3. The van der Waals surface area contributed by atoms with Gasteiger partial charge in [0.1, 0.15) is 17.3 Å². The maximum atomic E-state index is 14.5. The lowest BCUT2D eigenvalue weighted by atomic mass is 9.64. The first kappa shape index (κ1) is 53.2. The number of carbonyl (C=O) groups excluding carboxylic acids is 6. The fourth-order valence-corrected chi connectivity index (χ4v) is 9.85. The Morgan fingerprint density at radius 3 is 2.07 bits per heavy atom. The highest BCUT2D eigenvalue weighted by Gasteiger charge is 2.46. The number of hydrogen-bond acceptors (Lipinski definition) is 13. The number of rotatable bonds is 21. The van der Waals surface area contributed by atoms with Crippen molar-refractivity contribution in [2.45, 2.75) is 148 Å². The lowest BCUT2D eigenvalue weighted by molar-refractivity contribution is -0.157. The molecule has 1 aliphatic heterocycles. The van der Waals surface area contributed by atoms with Crippen LogP contribution in [-0.4, -0.2) is 86.2 Å². The van der Waals surface area contributed by atoms with Crippen molar-refractivity contribution in [3.05, 3.63) is 154 Å². The van der Waals surface area contributed by atoms with E-state index in [-0.39, 0.29) is 55.0 Å². The predicted octanol–water partition coefficient (Wildman–Crippen LogP) is 8.04. The number of nitrogens with one attached hydrogen (secondary N) is 1. The molecule has 1 amide bonds. The first-order chi connectivity index (χ1) is 34.2. The number of carbonyl (C=O) groups is 6. The van der Waals surface area contributed by atoms with Gasteiger partial charge in [0.15, 0.2) is 11.6 Å². The minimum atomic E-state index is -1.18. The third kappa shape index (κ3) is 14.5. The van der Waals surface area contributed by atoms with Gasteiger partial charge in [0.05, 0.1) is 41.9 Å². The van der Waals surface area contributed by atoms with E-state index in [9.17, 15) is 28.8 Å². The first-order valence-corrected chi connectivity index (χ1v) is 25.1. The van der Waals surface area contributed by atoms with Crippen molar-refractivity contribution in [2.24, 2.45) is 17.6 Å². The number of benzene rings is 2. The third-order valence-electron chi connectivity index (χ3n) is 13.1. The van der Waals surface area contributed by atoms with Crippen molar-refractivity contribution in [2.75, 3.05) is 6.54 Å². The van der Waals surface area contributed by atoms with Crippen molar-refractivity contribution in [3.8, 4) is 0 Å². The van der Waals surface area contributed by atoms with E-state index < -0.39 is 53.2 Å². The topological polar surface area (TPSA) is 197 Å². The zero-order valence-electron chi connectivity index (χ0n) is 42.7. The summed E-state index contributed by atoms with van der Waals surface area (Å²) in [5.74, 6) is -3.69. The summed E-state index contributed by atoms with van der Waals surface area (Å²) in [7, 11) is 0. The summed E-state index contributed by atoms with van der Waals surface area (Å²) in [5.41, 5.74) is 12.1. The first-order valence-electron chi connectivity index (χ1n) is 25.1. The zero-order valence-corrected chi connectivity index (χ0v) is 42.7. The van der Waals surface area contributed by atoms with Crippen LogP contribution < -0.4 is 11.1 Å². The molecule has 2 aromatic heterocycles. The second-order valence-electron chi connectivity index (χ2n) is 21.4. The molecule has 14 heteroatoms. The van der Waals surface area contributed by atoms with Gasteiger partial charge in [0, 0.05) is 56.1 Å². The lowest BCUT2D eigenvalue weighted by Crippen LogP contribution is -2.45. The Hall–Kier alpha value is -6.64. The average Bonchev–Trinajstić information content (AvgIpc) is 3.43. The van der Waals surface area contributed by atoms with Crippen LogP contribution in [0, 0.1) is 11.8 Å². The third-order valence-corrected chi connectivity index (χ3v) is 13.1. The van der Waals surface area contributed by atoms with Crippen molar-refractivity contribution in [3.63, 3.8) is 0 Å². The van der Waals surface area contributed by atoms with Crippen molar-refractivity contribution < 1.29 is 43.0 Å². The van der Waals surface area contributed by atoms with Gasteiger partial charge in [-0.25, -0.2) is 4.79 Å². The molecule has 0 saturated heterocycles. The van der Waals surface area contributed by atoms with Gasteiger partial charge in [-0.15, -0.1) is 0 Å². The van der Waals surface area contributed by atoms with Crippen LogP contribution in [0.3, 0.4) is 0 Å². The Kier molecular flexibility index (Phi) is 17.2. The Morgan fingerprint density at radius 1 is 0.792 bits per heavy atom. The van der Waals surface area contributed by atoms with Gasteiger partial charge < -0.3 is 25.3 Å². The van der Waals surface area contributed by atoms with Crippen LogP contribution in [-0.2, 0) is 64.1 Å². The SMILES string of the molecule is C[C@@H](CCCCN(Cc1ccccn1)Cc1ccccn1)C(=O)N[C@@H](CC(=O)OC(C)(C)C)C(=O)CC1=CC2OC(=O)c3ccccc3C3c4ccc(CC(=O)[C@@H](N)CC(=O)OC(C)(C)C)cc4CC(=C1)C23. The fraction of sp³-hybridized carbons (Fsp3) is 0.448. The van der Waals surface area contributed by atoms with Crippen molar-refractivity contribution in [1.82, 2.24) is 20.2 Å². The summed E-state index contributed by atoms with van der Waals surface area (Å²) >= 11 is 0. The number of nitrogens with zero attached hydrogens (tertiary/aromatic N) is 3. The van der Waals surface area contributed by atoms with E-state index in [0.29, 0.717) is 37.1 Å². The number of fused-ring (bicyclic) bond motifs is 4. The minimum Gasteiger partial charge on any atom is -0.460 e. The number of ketones is 2. The van der Waals surface area contributed by atoms with Gasteiger partial charge in [-0.3, -0.25) is 38.8 Å². The van der Waals surface area contributed by atoms with Gasteiger partial charge >= 0.3 is 17.9 Å². The highest BCUT2D eigenvalue weighted by atomic mass is 16.6. The molecule has 72 heavy (non-hydrogen) atoms. The molecule has 3 aliphatic rings. The van der Waals surface area contributed by atoms with E-state index in [1.165, 1.54) is 0 Å². The molecule has 14 nitrogen and oxygen atoms in total. The Morgan fingerprint density at radius 2 is 1.43 bits per heavy atom. The van der Waals surface area contributed by atoms with Crippen LogP contribution in [0.25, 0.3) is 0 Å². The molecule has 0 fully saturated rings. The van der Waals surface area contributed by atoms with Gasteiger partial charge in [-0.05, 0) is 132 Å². The molecule has 6 atom stereocenters. The number of Topliss-reactive ketones (excluding diaryl/α,β-unsaturated/α-hetero) is 2. The van der Waals surface area contributed by atoms with Crippen LogP contribution in [0.2, 0.25) is 0 Å². The lowest BCUT2D eigenvalue weighted by Gasteiger charge is -2.40. The molecule has 3 heterocycles. The molecule has 380 valence electrons. The largest absolute Gasteiger partial charge is 0.460 e. The summed E-state index contributed by atoms with van der Waals surface area (Å²) in [4.78, 5) is 92.8. The van der Waals surface area contributed by atoms with Crippen LogP contribution in [0.5, 0.6) is 0 Å². The number of unbranched alkanes of at least 4 members (excludes halogenated alkanes) is 1. The summed E-state index contributed by atoms with van der Waals surface area (Å²) < 4.78 is 17.3. The molecule has 3 N–H and O–H groups in total. The molecule has 2 aromatic carbocycles. The van der Waals surface area contributed by atoms with Crippen LogP contribution >= 0.6 is 0 Å². The second-order valence-corrected chi connectivity index (χ2v) is 21.4. The van der Waals surface area contributed by atoms with E-state index in [1.807, 2.05) is 85.8 Å². The number of allylic oxidation sites excluding steroid dienone is 2. The predicted molar refractivity (Wildman–Crippen MR) is 272 cm³/mol. The molecule has 0 radical (unpaired) electrons. The Balaban J connectivity index is 1.07. The molecule has 2 aliphatic carbocycles. The number of amides is 1. The summed E-state index contributed by atoms with van der Waals surface area (Å²) in [6, 6.07) is 22.8. The molecule has 0 saturated carbocycles. The molecular formula is C58H69N5O9. The van der Waals surface area contributed by atoms with Gasteiger partial charge in [-0.2, -0.15) is 0 Å². The summed E-state index contributed by atoms with van der Waals surface area (Å²) in [6.07, 6.45) is 8.48. The number of hydrogen-bond donors (Lipinski definition) is 2. The van der Waals surface area contributed by atoms with Crippen molar-refractivity contribution in [1.29, 1.82) is 0 Å². The molecule has 4 aromatic rings. The number of ether oxygens (including phenoxy) is 3. The van der Waals surface area contributed by atoms with E-state index in [0.717, 1.165) is 58.6 Å². The van der Waals surface area contributed by atoms with Gasteiger partial charge in [-0.1, -0.05) is 73.5 Å². The molecule has 0 spiro atoms. The monoisotopic (exact) mass is 980 g/mol. The normalized spacial score (nSPS) is 18.3. The number of nitrogens with two attached hydrogens (primary N) is 1. The number of aromatic nitrogens is 2. The summed E-state index contributed by atoms with van der Waals surface area (Å²) in [5, 5.41) is 2.92. The van der Waals surface area contributed by atoms with Crippen molar-refractivity contribution >= 4 is 35.4 Å². The maximum Gasteiger partial charge on any atom is 0.339 e. The standard InChI is InChI=1S/C58H69N5O9/c1-36(16-12-15-25-63(34-41-17-10-13-23-60-41)35-42-18-11-14-24-61-42)55(68)62-47(33-52(67)72-58(5,6)7)49(65)29-38-27-40-31-39-26-37(28-48(64)46(59)32-51(66)71-57(2,3)4)21-22-43(39)54-44-19-8-9-20-45(44)56(69)70-50(30-38)53(40)54/h8-11,13-14,17-24,26-27,30,36,46-47,50,53-54H,12,15-16,25,28-29,31-35,59H2,1-7H3,(H,62,68)/t36-,46-,47-,50?,53?,54?/m0/s1. The minimum absolute atomic E-state index is 0.00613. The molecule has 7 rings (SSSR count). The van der Waals surface area contributed by atoms with E-state index >= 15 is 0 Å². The van der Waals surface area contributed by atoms with E-state index in [1.54, 1.807) is 66.1 Å². The zero-order chi connectivity index (χ0) is 51.7. The van der Waals surface area contributed by atoms with Gasteiger partial charge in [0.2, 0.25) is 5.91 Å². The van der Waals surface area contributed by atoms with Crippen LogP contribution in [0.1, 0.15) is 137 Å². The highest BCUT2D eigenvalue weighted by Crippen LogP contribution is 2.51. The fourth-order valence-electron chi connectivity index (χ4n) is 9.85. The highest BCUT2D eigenvalue weighted by molar-refractivity contribution is 5.95. The van der Waals surface area contributed by atoms with E-state index in [4.69, 9.17) is 19.9 Å². The van der Waals surface area contributed by atoms with E-state index in [2.05, 4.69) is 20.2 Å². The quantitative estimate of drug-likeness (QED) is 0.0463. The smallest absolute Gasteiger partial charge is 0.339 e. The van der Waals surface area contributed by atoms with Crippen LogP contribution in [0.4, 0.5) is 0 Å². The molecule has 3 unspecified atom stereocenters.